The maximum absolute atomic E-state index is 12.5. The van der Waals surface area contributed by atoms with Gasteiger partial charge in [0.15, 0.2) is 30.0 Å². The zero-order valence-corrected chi connectivity index (χ0v) is 17.1. The van der Waals surface area contributed by atoms with E-state index < -0.39 is 12.1 Å². The molecule has 0 spiro atoms. The van der Waals surface area contributed by atoms with Crippen molar-refractivity contribution in [1.82, 2.24) is 4.90 Å². The molecule has 0 aliphatic heterocycles. The van der Waals surface area contributed by atoms with E-state index in [4.69, 9.17) is 14.2 Å². The number of Topliss-reactive ketones (excluding diaryl/α,β-unsaturated/α-hetero) is 1. The highest BCUT2D eigenvalue weighted by molar-refractivity contribution is 5.94. The first-order valence-corrected chi connectivity index (χ1v) is 8.91. The van der Waals surface area contributed by atoms with Crippen LogP contribution in [0.2, 0.25) is 0 Å². The molecular weight excluding hydrogens is 350 g/mol. The third-order valence-corrected chi connectivity index (χ3v) is 3.94. The summed E-state index contributed by atoms with van der Waals surface area (Å²) < 4.78 is 15.8. The highest BCUT2D eigenvalue weighted by Crippen LogP contribution is 2.28. The topological polar surface area (TPSA) is 82.1 Å². The number of rotatable bonds is 9. The molecular formula is C20H29NO6. The highest BCUT2D eigenvalue weighted by atomic mass is 16.6. The maximum Gasteiger partial charge on any atom is 0.344 e. The van der Waals surface area contributed by atoms with Crippen molar-refractivity contribution in [2.24, 2.45) is 0 Å². The van der Waals surface area contributed by atoms with Crippen molar-refractivity contribution in [3.63, 3.8) is 0 Å². The molecule has 1 aromatic rings. The number of esters is 1. The van der Waals surface area contributed by atoms with Crippen LogP contribution in [-0.2, 0) is 14.3 Å². The lowest BCUT2D eigenvalue weighted by atomic mass is 10.1. The molecule has 0 N–H and O–H groups in total. The minimum Gasteiger partial charge on any atom is -0.493 e. The summed E-state index contributed by atoms with van der Waals surface area (Å²) in [4.78, 5) is 37.6. The van der Waals surface area contributed by atoms with E-state index in [1.807, 2.05) is 27.7 Å². The van der Waals surface area contributed by atoms with E-state index in [1.54, 1.807) is 24.0 Å². The Hall–Kier alpha value is -2.57. The summed E-state index contributed by atoms with van der Waals surface area (Å²) in [6, 6.07) is 4.67. The van der Waals surface area contributed by atoms with E-state index in [0.29, 0.717) is 17.1 Å². The van der Waals surface area contributed by atoms with Crippen molar-refractivity contribution in [3.8, 4) is 11.5 Å². The van der Waals surface area contributed by atoms with Crippen LogP contribution < -0.4 is 9.47 Å². The van der Waals surface area contributed by atoms with Gasteiger partial charge in [-0.05, 0) is 59.7 Å². The molecule has 0 radical (unpaired) electrons. The maximum atomic E-state index is 12.5. The number of benzene rings is 1. The first-order valence-electron chi connectivity index (χ1n) is 8.91. The lowest BCUT2D eigenvalue weighted by Gasteiger charge is -2.32. The minimum atomic E-state index is -0.909. The van der Waals surface area contributed by atoms with Crippen molar-refractivity contribution in [2.45, 2.75) is 59.7 Å². The molecule has 1 aromatic carbocycles. The molecule has 1 atom stereocenters. The summed E-state index contributed by atoms with van der Waals surface area (Å²) in [6.45, 7) is 10.2. The molecule has 7 heteroatoms. The van der Waals surface area contributed by atoms with Crippen LogP contribution in [0, 0.1) is 0 Å². The highest BCUT2D eigenvalue weighted by Gasteiger charge is 2.27. The number of hydrogen-bond donors (Lipinski definition) is 0. The second kappa shape index (κ2) is 9.94. The summed E-state index contributed by atoms with van der Waals surface area (Å²) in [6.07, 6.45) is -0.909. The molecule has 0 saturated carbocycles. The molecule has 1 rings (SSSR count). The third kappa shape index (κ3) is 6.27. The number of carbonyl (C=O) groups excluding carboxylic acids is 3. The molecule has 150 valence electrons. The second-order valence-corrected chi connectivity index (χ2v) is 6.78. The predicted molar refractivity (Wildman–Crippen MR) is 101 cm³/mol. The fourth-order valence-corrected chi connectivity index (χ4v) is 2.74. The average molecular weight is 379 g/mol. The van der Waals surface area contributed by atoms with Gasteiger partial charge in [-0.25, -0.2) is 4.79 Å². The van der Waals surface area contributed by atoms with Crippen LogP contribution in [0.25, 0.3) is 0 Å². The van der Waals surface area contributed by atoms with Gasteiger partial charge in [-0.1, -0.05) is 0 Å². The average Bonchev–Trinajstić information content (AvgIpc) is 2.58. The van der Waals surface area contributed by atoms with Crippen LogP contribution in [0.3, 0.4) is 0 Å². The van der Waals surface area contributed by atoms with Gasteiger partial charge in [0, 0.05) is 17.6 Å². The molecule has 1 amide bonds. The number of ether oxygens (including phenoxy) is 3. The fourth-order valence-electron chi connectivity index (χ4n) is 2.74. The van der Waals surface area contributed by atoms with Crippen molar-refractivity contribution < 1.29 is 28.6 Å². The summed E-state index contributed by atoms with van der Waals surface area (Å²) in [5, 5.41) is 0. The lowest BCUT2D eigenvalue weighted by Crippen LogP contribution is -2.47. The first kappa shape index (κ1) is 22.5. The predicted octanol–water partition coefficient (Wildman–Crippen LogP) is 2.85. The van der Waals surface area contributed by atoms with Crippen LogP contribution in [-0.4, -0.2) is 54.5 Å². The van der Waals surface area contributed by atoms with E-state index in [9.17, 15) is 14.4 Å². The minimum absolute atomic E-state index is 0.000969. The van der Waals surface area contributed by atoms with E-state index in [2.05, 4.69) is 0 Å². The number of methoxy groups -OCH3 is 1. The Morgan fingerprint density at radius 1 is 1.00 bits per heavy atom. The Morgan fingerprint density at radius 3 is 2.07 bits per heavy atom. The Labute approximate surface area is 160 Å². The smallest absolute Gasteiger partial charge is 0.344 e. The molecule has 27 heavy (non-hydrogen) atoms. The van der Waals surface area contributed by atoms with Crippen molar-refractivity contribution in [3.05, 3.63) is 23.8 Å². The van der Waals surface area contributed by atoms with Crippen LogP contribution in [0.1, 0.15) is 51.9 Å². The molecule has 1 unspecified atom stereocenters. The van der Waals surface area contributed by atoms with Gasteiger partial charge in [0.05, 0.1) is 7.11 Å². The number of nitrogens with zero attached hydrogens (tertiary/aromatic N) is 1. The van der Waals surface area contributed by atoms with Crippen LogP contribution >= 0.6 is 0 Å². The Bertz CT molecular complexity index is 675. The van der Waals surface area contributed by atoms with E-state index >= 15 is 0 Å². The van der Waals surface area contributed by atoms with Gasteiger partial charge < -0.3 is 19.1 Å². The molecule has 0 bridgehead atoms. The van der Waals surface area contributed by atoms with Gasteiger partial charge in [0.2, 0.25) is 0 Å². The summed E-state index contributed by atoms with van der Waals surface area (Å²) in [5.41, 5.74) is 0.475. The zero-order chi connectivity index (χ0) is 20.7. The second-order valence-electron chi connectivity index (χ2n) is 6.78. The summed E-state index contributed by atoms with van der Waals surface area (Å²) >= 11 is 0. The van der Waals surface area contributed by atoms with Crippen LogP contribution in [0.5, 0.6) is 11.5 Å². The SMILES string of the molecule is COc1cc(C(C)=O)ccc1OCC(=O)OC(C)C(=O)N(C(C)C)C(C)C. The largest absolute Gasteiger partial charge is 0.493 e. The number of ketones is 1. The van der Waals surface area contributed by atoms with Gasteiger partial charge in [0.25, 0.3) is 5.91 Å². The molecule has 0 aliphatic carbocycles. The normalized spacial score (nSPS) is 11.9. The monoisotopic (exact) mass is 379 g/mol. The van der Waals surface area contributed by atoms with Gasteiger partial charge in [0.1, 0.15) is 0 Å². The van der Waals surface area contributed by atoms with Gasteiger partial charge in [-0.15, -0.1) is 0 Å². The van der Waals surface area contributed by atoms with Gasteiger partial charge >= 0.3 is 5.97 Å². The van der Waals surface area contributed by atoms with Gasteiger partial charge in [-0.2, -0.15) is 0 Å². The van der Waals surface area contributed by atoms with Crippen molar-refractivity contribution in [1.29, 1.82) is 0 Å². The Morgan fingerprint density at radius 2 is 1.59 bits per heavy atom. The molecule has 0 saturated heterocycles. The van der Waals surface area contributed by atoms with Gasteiger partial charge in [-0.3, -0.25) is 9.59 Å². The summed E-state index contributed by atoms with van der Waals surface area (Å²) in [7, 11) is 1.44. The summed E-state index contributed by atoms with van der Waals surface area (Å²) in [5.74, 6) is -0.376. The first-order chi connectivity index (χ1) is 12.6. The number of carbonyl (C=O) groups is 3. The molecule has 0 aliphatic rings. The van der Waals surface area contributed by atoms with E-state index in [0.717, 1.165) is 0 Å². The Balaban J connectivity index is 2.70. The molecule has 0 heterocycles. The fraction of sp³-hybridized carbons (Fsp3) is 0.550. The van der Waals surface area contributed by atoms with Crippen molar-refractivity contribution in [2.75, 3.05) is 13.7 Å². The van der Waals surface area contributed by atoms with Crippen molar-refractivity contribution >= 4 is 17.7 Å². The van der Waals surface area contributed by atoms with Crippen LogP contribution in [0.4, 0.5) is 0 Å². The quantitative estimate of drug-likeness (QED) is 0.485. The lowest BCUT2D eigenvalue weighted by molar-refractivity contribution is -0.162. The standard InChI is InChI=1S/C20H29NO6/c1-12(2)21(13(3)4)20(24)15(6)27-19(23)11-26-17-9-8-16(14(5)22)10-18(17)25-7/h8-10,12-13,15H,11H2,1-7H3. The third-order valence-electron chi connectivity index (χ3n) is 3.94. The number of hydrogen-bond acceptors (Lipinski definition) is 6. The Kier molecular flexibility index (Phi) is 8.28. The molecule has 0 fully saturated rings. The molecule has 0 aromatic heterocycles. The number of amides is 1. The van der Waals surface area contributed by atoms with E-state index in [1.165, 1.54) is 20.1 Å². The van der Waals surface area contributed by atoms with E-state index in [-0.39, 0.29) is 30.4 Å². The van der Waals surface area contributed by atoms with Crippen LogP contribution in [0.15, 0.2) is 18.2 Å². The molecule has 7 nitrogen and oxygen atoms in total. The zero-order valence-electron chi connectivity index (χ0n) is 17.1.